The van der Waals surface area contributed by atoms with Crippen LogP contribution in [0.4, 0.5) is 5.69 Å². The van der Waals surface area contributed by atoms with Crippen LogP contribution in [-0.2, 0) is 0 Å². The lowest BCUT2D eigenvalue weighted by Gasteiger charge is -2.34. The molecular formula is C20H26N2O. The fourth-order valence-electron chi connectivity index (χ4n) is 3.72. The molecule has 1 aliphatic heterocycles. The number of nitrogens with one attached hydrogen (secondary N) is 1. The molecule has 3 heteroatoms. The second-order valence-electron chi connectivity index (χ2n) is 6.30. The van der Waals surface area contributed by atoms with Crippen LogP contribution < -0.4 is 10.2 Å². The maximum Gasteiger partial charge on any atom is 0.0909 e. The van der Waals surface area contributed by atoms with Crippen molar-refractivity contribution < 1.29 is 5.11 Å². The van der Waals surface area contributed by atoms with Crippen molar-refractivity contribution in [3.8, 4) is 0 Å². The van der Waals surface area contributed by atoms with Gasteiger partial charge in [-0.05, 0) is 30.7 Å². The molecule has 3 atom stereocenters. The molecule has 1 heterocycles. The first-order chi connectivity index (χ1) is 11.3. The smallest absolute Gasteiger partial charge is 0.0909 e. The molecule has 0 bridgehead atoms. The van der Waals surface area contributed by atoms with Gasteiger partial charge in [0, 0.05) is 24.7 Å². The molecule has 0 radical (unpaired) electrons. The first-order valence-corrected chi connectivity index (χ1v) is 8.49. The van der Waals surface area contributed by atoms with Crippen LogP contribution in [0.2, 0.25) is 0 Å². The molecule has 0 saturated heterocycles. The van der Waals surface area contributed by atoms with Crippen LogP contribution in [0.3, 0.4) is 0 Å². The van der Waals surface area contributed by atoms with Crippen molar-refractivity contribution >= 4 is 5.69 Å². The Bertz CT molecular complexity index is 629. The molecule has 0 saturated carbocycles. The number of likely N-dealkylation sites (N-methyl/N-ethyl adjacent to an activating group) is 1. The number of aliphatic hydroxyl groups excluding tert-OH is 1. The second-order valence-corrected chi connectivity index (χ2v) is 6.30. The molecule has 3 nitrogen and oxygen atoms in total. The molecule has 23 heavy (non-hydrogen) atoms. The number of benzene rings is 2. The zero-order chi connectivity index (χ0) is 16.2. The quantitative estimate of drug-likeness (QED) is 0.859. The molecule has 3 unspecified atom stereocenters. The fourth-order valence-corrected chi connectivity index (χ4v) is 3.72. The lowest BCUT2D eigenvalue weighted by molar-refractivity contribution is 0.140. The molecule has 0 aromatic heterocycles. The van der Waals surface area contributed by atoms with Gasteiger partial charge in [-0.15, -0.1) is 0 Å². The topological polar surface area (TPSA) is 35.5 Å². The molecule has 0 amide bonds. The van der Waals surface area contributed by atoms with Crippen LogP contribution in [0.1, 0.15) is 36.4 Å². The van der Waals surface area contributed by atoms with Gasteiger partial charge in [0.05, 0.1) is 12.1 Å². The number of aliphatic hydroxyl groups is 1. The minimum absolute atomic E-state index is 0.0265. The maximum atomic E-state index is 10.8. The van der Waals surface area contributed by atoms with Crippen molar-refractivity contribution in [3.63, 3.8) is 0 Å². The Hall–Kier alpha value is -1.84. The fraction of sp³-hybridized carbons (Fsp3) is 0.400. The first kappa shape index (κ1) is 16.0. The van der Waals surface area contributed by atoms with Crippen molar-refractivity contribution in [3.05, 3.63) is 65.7 Å². The van der Waals surface area contributed by atoms with Crippen LogP contribution in [0.25, 0.3) is 0 Å². The summed E-state index contributed by atoms with van der Waals surface area (Å²) in [5, 5.41) is 13.9. The maximum absolute atomic E-state index is 10.8. The van der Waals surface area contributed by atoms with Gasteiger partial charge >= 0.3 is 0 Å². The number of hydrogen-bond acceptors (Lipinski definition) is 3. The highest BCUT2D eigenvalue weighted by atomic mass is 16.3. The summed E-state index contributed by atoms with van der Waals surface area (Å²) in [6.07, 6.45) is 0.669. The van der Waals surface area contributed by atoms with Gasteiger partial charge in [-0.2, -0.15) is 0 Å². The summed E-state index contributed by atoms with van der Waals surface area (Å²) in [5.41, 5.74) is 3.85. The lowest BCUT2D eigenvalue weighted by atomic mass is 9.99. The van der Waals surface area contributed by atoms with Gasteiger partial charge in [0.25, 0.3) is 0 Å². The summed E-state index contributed by atoms with van der Waals surface area (Å²) < 4.78 is 0. The molecule has 0 fully saturated rings. The number of fused-ring (bicyclic) bond motifs is 1. The van der Waals surface area contributed by atoms with Crippen LogP contribution in [0.5, 0.6) is 0 Å². The number of para-hydroxylation sites is 1. The van der Waals surface area contributed by atoms with E-state index in [-0.39, 0.29) is 6.04 Å². The van der Waals surface area contributed by atoms with E-state index in [9.17, 15) is 5.11 Å². The molecule has 122 valence electrons. The van der Waals surface area contributed by atoms with E-state index in [0.717, 1.165) is 13.0 Å². The largest absolute Gasteiger partial charge is 0.389 e. The molecule has 1 aliphatic rings. The van der Waals surface area contributed by atoms with Gasteiger partial charge in [-0.25, -0.2) is 0 Å². The van der Waals surface area contributed by atoms with Gasteiger partial charge in [0.1, 0.15) is 0 Å². The zero-order valence-corrected chi connectivity index (χ0v) is 13.9. The molecule has 3 rings (SSSR count). The summed E-state index contributed by atoms with van der Waals surface area (Å²) in [6.45, 7) is 3.79. The Morgan fingerprint density at radius 3 is 2.52 bits per heavy atom. The van der Waals surface area contributed by atoms with Crippen molar-refractivity contribution in [2.45, 2.75) is 31.4 Å². The summed E-state index contributed by atoms with van der Waals surface area (Å²) in [7, 11) is 1.89. The van der Waals surface area contributed by atoms with Crippen molar-refractivity contribution in [1.82, 2.24) is 5.32 Å². The van der Waals surface area contributed by atoms with Crippen LogP contribution in [0, 0.1) is 0 Å². The highest BCUT2D eigenvalue weighted by Gasteiger charge is 2.35. The van der Waals surface area contributed by atoms with Gasteiger partial charge in [-0.3, -0.25) is 0 Å². The zero-order valence-electron chi connectivity index (χ0n) is 13.9. The molecule has 2 aromatic rings. The molecule has 2 N–H and O–H groups in total. The summed E-state index contributed by atoms with van der Waals surface area (Å²) >= 11 is 0. The average molecular weight is 310 g/mol. The van der Waals surface area contributed by atoms with Gasteiger partial charge in [-0.1, -0.05) is 55.5 Å². The second kappa shape index (κ2) is 7.16. The third-order valence-electron chi connectivity index (χ3n) is 4.85. The average Bonchev–Trinajstić information content (AvgIpc) is 2.95. The van der Waals surface area contributed by atoms with Gasteiger partial charge in [0.15, 0.2) is 0 Å². The molecule has 0 spiro atoms. The Morgan fingerprint density at radius 2 is 1.83 bits per heavy atom. The number of rotatable bonds is 6. The SMILES string of the molecule is CCC1CN(C(c2ccccc2)C(O)CNC)c2ccccc21. The monoisotopic (exact) mass is 310 g/mol. The summed E-state index contributed by atoms with van der Waals surface area (Å²) in [5.74, 6) is 0.541. The third-order valence-corrected chi connectivity index (χ3v) is 4.85. The minimum Gasteiger partial charge on any atom is -0.389 e. The van der Waals surface area contributed by atoms with E-state index in [1.54, 1.807) is 0 Å². The van der Waals surface area contributed by atoms with Gasteiger partial charge < -0.3 is 15.3 Å². The van der Waals surface area contributed by atoms with E-state index in [1.807, 2.05) is 25.2 Å². The van der Waals surface area contributed by atoms with E-state index in [2.05, 4.69) is 53.5 Å². The Labute approximate surface area is 139 Å². The van der Waals surface area contributed by atoms with E-state index in [0.29, 0.717) is 12.5 Å². The highest BCUT2D eigenvalue weighted by Crippen LogP contribution is 2.43. The minimum atomic E-state index is -0.453. The predicted molar refractivity (Wildman–Crippen MR) is 95.9 cm³/mol. The van der Waals surface area contributed by atoms with Crippen molar-refractivity contribution in [2.75, 3.05) is 25.0 Å². The van der Waals surface area contributed by atoms with Crippen molar-refractivity contribution in [2.24, 2.45) is 0 Å². The predicted octanol–water partition coefficient (Wildman–Crippen LogP) is 3.32. The summed E-state index contributed by atoms with van der Waals surface area (Å²) in [6, 6.07) is 19.0. The number of hydrogen-bond donors (Lipinski definition) is 2. The van der Waals surface area contributed by atoms with E-state index < -0.39 is 6.10 Å². The van der Waals surface area contributed by atoms with Crippen LogP contribution in [0.15, 0.2) is 54.6 Å². The normalized spacial score (nSPS) is 19.4. The third kappa shape index (κ3) is 3.12. The van der Waals surface area contributed by atoms with E-state index in [4.69, 9.17) is 0 Å². The molecule has 0 aliphatic carbocycles. The highest BCUT2D eigenvalue weighted by molar-refractivity contribution is 5.62. The number of anilines is 1. The first-order valence-electron chi connectivity index (χ1n) is 8.49. The Kier molecular flexibility index (Phi) is 4.99. The Balaban J connectivity index is 2.01. The molecular weight excluding hydrogens is 284 g/mol. The van der Waals surface area contributed by atoms with E-state index >= 15 is 0 Å². The summed E-state index contributed by atoms with van der Waals surface area (Å²) in [4.78, 5) is 2.39. The number of nitrogens with zero attached hydrogens (tertiary/aromatic N) is 1. The Morgan fingerprint density at radius 1 is 1.13 bits per heavy atom. The molecule has 2 aromatic carbocycles. The lowest BCUT2D eigenvalue weighted by Crippen LogP contribution is -2.40. The van der Waals surface area contributed by atoms with Crippen molar-refractivity contribution in [1.29, 1.82) is 0 Å². The van der Waals surface area contributed by atoms with Crippen LogP contribution in [-0.4, -0.2) is 31.3 Å². The van der Waals surface area contributed by atoms with E-state index in [1.165, 1.54) is 16.8 Å². The van der Waals surface area contributed by atoms with Gasteiger partial charge in [0.2, 0.25) is 0 Å². The van der Waals surface area contributed by atoms with Crippen LogP contribution >= 0.6 is 0 Å². The standard InChI is InChI=1S/C20H26N2O/c1-3-15-14-22(18-12-8-7-11-17(15)18)20(19(23)13-21-2)16-9-5-4-6-10-16/h4-12,15,19-21,23H,3,13-14H2,1-2H3.